The number of fused-ring (bicyclic) bond motifs is 1. The van der Waals surface area contributed by atoms with Crippen molar-refractivity contribution in [3.8, 4) is 0 Å². The van der Waals surface area contributed by atoms with Crippen LogP contribution in [0, 0.1) is 22.6 Å². The van der Waals surface area contributed by atoms with Gasteiger partial charge in [-0.1, -0.05) is 32.8 Å². The number of halogens is 1. The van der Waals surface area contributed by atoms with Gasteiger partial charge in [0, 0.05) is 30.1 Å². The number of anilines is 1. The predicted octanol–water partition coefficient (Wildman–Crippen LogP) is 5.97. The van der Waals surface area contributed by atoms with Crippen molar-refractivity contribution in [1.82, 2.24) is 5.32 Å². The van der Waals surface area contributed by atoms with E-state index in [-0.39, 0.29) is 23.2 Å². The fraction of sp³-hybridized carbons (Fsp3) is 0.520. The van der Waals surface area contributed by atoms with Gasteiger partial charge >= 0.3 is 0 Å². The molecule has 3 rings (SSSR count). The number of hydrogen-bond acceptors (Lipinski definition) is 3. The Hall–Kier alpha value is -2.43. The highest BCUT2D eigenvalue weighted by molar-refractivity contribution is 5.81. The van der Waals surface area contributed by atoms with Crippen molar-refractivity contribution in [3.05, 3.63) is 53.0 Å². The molecule has 0 aliphatic heterocycles. The van der Waals surface area contributed by atoms with Gasteiger partial charge in [0.1, 0.15) is 5.82 Å². The van der Waals surface area contributed by atoms with Crippen molar-refractivity contribution in [1.29, 1.82) is 5.41 Å². The van der Waals surface area contributed by atoms with Crippen LogP contribution in [0.1, 0.15) is 65.7 Å². The number of carbonyl (C=O) groups excluding carboxylic acids is 1. The van der Waals surface area contributed by atoms with Crippen LogP contribution in [0.5, 0.6) is 0 Å². The van der Waals surface area contributed by atoms with Crippen LogP contribution in [0.3, 0.4) is 0 Å². The molecule has 2 aliphatic rings. The van der Waals surface area contributed by atoms with Crippen molar-refractivity contribution in [2.24, 2.45) is 11.3 Å². The molecule has 1 aromatic carbocycles. The monoisotopic (exact) mass is 411 g/mol. The second-order valence-corrected chi connectivity index (χ2v) is 8.86. The van der Waals surface area contributed by atoms with Crippen LogP contribution >= 0.6 is 0 Å². The number of amides is 1. The van der Waals surface area contributed by atoms with Crippen molar-refractivity contribution in [2.75, 3.05) is 5.32 Å². The third kappa shape index (κ3) is 4.82. The van der Waals surface area contributed by atoms with Crippen LogP contribution in [-0.2, 0) is 4.79 Å². The highest BCUT2D eigenvalue weighted by Crippen LogP contribution is 2.55. The molecule has 1 amide bonds. The van der Waals surface area contributed by atoms with Gasteiger partial charge in [0.05, 0.1) is 0 Å². The third-order valence-corrected chi connectivity index (χ3v) is 6.81. The lowest BCUT2D eigenvalue weighted by Gasteiger charge is -2.38. The van der Waals surface area contributed by atoms with Crippen molar-refractivity contribution >= 4 is 17.8 Å². The maximum absolute atomic E-state index is 13.2. The van der Waals surface area contributed by atoms with Gasteiger partial charge in [-0.2, -0.15) is 0 Å². The summed E-state index contributed by atoms with van der Waals surface area (Å²) in [5, 5.41) is 14.6. The largest absolute Gasteiger partial charge is 0.355 e. The molecule has 30 heavy (non-hydrogen) atoms. The molecule has 5 heteroatoms. The summed E-state index contributed by atoms with van der Waals surface area (Å²) < 4.78 is 13.2. The second kappa shape index (κ2) is 9.59. The van der Waals surface area contributed by atoms with Gasteiger partial charge < -0.3 is 16.0 Å². The Kier molecular flexibility index (Phi) is 7.11. The second-order valence-electron chi connectivity index (χ2n) is 8.86. The SMILES string of the molecule is CCCC(C[C@H]1CCC2=CC(Nc3ccc(F)cc3)=C(C=N)C[C@@]21C)NC(=O)CC. The molecule has 0 saturated heterocycles. The van der Waals surface area contributed by atoms with E-state index in [2.05, 4.69) is 30.6 Å². The van der Waals surface area contributed by atoms with Crippen LogP contribution in [0.15, 0.2) is 47.2 Å². The summed E-state index contributed by atoms with van der Waals surface area (Å²) in [7, 11) is 0. The maximum Gasteiger partial charge on any atom is 0.219 e. The number of carbonyl (C=O) groups is 1. The average molecular weight is 412 g/mol. The number of nitrogens with one attached hydrogen (secondary N) is 3. The van der Waals surface area contributed by atoms with Gasteiger partial charge in [0.2, 0.25) is 5.91 Å². The summed E-state index contributed by atoms with van der Waals surface area (Å²) in [6.07, 6.45) is 10.2. The first kappa shape index (κ1) is 22.3. The van der Waals surface area contributed by atoms with Gasteiger partial charge in [-0.25, -0.2) is 4.39 Å². The van der Waals surface area contributed by atoms with Crippen molar-refractivity contribution < 1.29 is 9.18 Å². The van der Waals surface area contributed by atoms with Gasteiger partial charge in [-0.15, -0.1) is 0 Å². The van der Waals surface area contributed by atoms with E-state index in [0.717, 1.165) is 55.5 Å². The van der Waals surface area contributed by atoms with Crippen LogP contribution < -0.4 is 10.6 Å². The Bertz CT molecular complexity index is 842. The fourth-order valence-electron chi connectivity index (χ4n) is 5.03. The van der Waals surface area contributed by atoms with Crippen LogP contribution in [0.4, 0.5) is 10.1 Å². The van der Waals surface area contributed by atoms with E-state index in [4.69, 9.17) is 5.41 Å². The van der Waals surface area contributed by atoms with Gasteiger partial charge in [-0.05, 0) is 79.4 Å². The molecule has 0 aromatic heterocycles. The molecular formula is C25H34FN3O. The highest BCUT2D eigenvalue weighted by Gasteiger charge is 2.45. The van der Waals surface area contributed by atoms with Crippen LogP contribution in [-0.4, -0.2) is 18.2 Å². The summed E-state index contributed by atoms with van der Waals surface area (Å²) in [4.78, 5) is 12.0. The first-order valence-corrected chi connectivity index (χ1v) is 11.2. The first-order valence-electron chi connectivity index (χ1n) is 11.2. The molecule has 162 valence electrons. The molecule has 0 heterocycles. The molecule has 0 spiro atoms. The number of allylic oxidation sites excluding steroid dienone is 3. The lowest BCUT2D eigenvalue weighted by molar-refractivity contribution is -0.121. The number of benzene rings is 1. The summed E-state index contributed by atoms with van der Waals surface area (Å²) >= 11 is 0. The minimum Gasteiger partial charge on any atom is -0.355 e. The molecule has 1 aromatic rings. The Morgan fingerprint density at radius 2 is 2.07 bits per heavy atom. The van der Waals surface area contributed by atoms with E-state index in [9.17, 15) is 9.18 Å². The zero-order valence-electron chi connectivity index (χ0n) is 18.4. The normalized spacial score (nSPS) is 24.1. The molecule has 3 atom stereocenters. The van der Waals surface area contributed by atoms with E-state index in [1.54, 1.807) is 12.1 Å². The molecular weight excluding hydrogens is 377 g/mol. The molecule has 1 fully saturated rings. The van der Waals surface area contributed by atoms with E-state index >= 15 is 0 Å². The highest BCUT2D eigenvalue weighted by atomic mass is 19.1. The smallest absolute Gasteiger partial charge is 0.219 e. The summed E-state index contributed by atoms with van der Waals surface area (Å²) in [6, 6.07) is 6.54. The standard InChI is InChI=1S/C25H34FN3O/c1-4-6-22(29-24(30)5-2)13-18-7-8-19-14-23(17(16-27)15-25(18,19)3)28-21-11-9-20(26)10-12-21/h9-12,14,16,18,22,27-28H,4-8,13,15H2,1-3H3,(H,29,30)/t18-,22?,25-/m1/s1. The summed E-state index contributed by atoms with van der Waals surface area (Å²) in [5.41, 5.74) is 4.17. The molecule has 2 aliphatic carbocycles. The van der Waals surface area contributed by atoms with Crippen LogP contribution in [0.2, 0.25) is 0 Å². The predicted molar refractivity (Wildman–Crippen MR) is 121 cm³/mol. The van der Waals surface area contributed by atoms with Gasteiger partial charge in [0.25, 0.3) is 0 Å². The van der Waals surface area contributed by atoms with E-state index in [1.165, 1.54) is 23.9 Å². The summed E-state index contributed by atoms with van der Waals surface area (Å²) in [6.45, 7) is 6.38. The lowest BCUT2D eigenvalue weighted by Crippen LogP contribution is -2.38. The quantitative estimate of drug-likeness (QED) is 0.438. The van der Waals surface area contributed by atoms with Crippen LogP contribution in [0.25, 0.3) is 0 Å². The molecule has 1 saturated carbocycles. The van der Waals surface area contributed by atoms with E-state index in [0.29, 0.717) is 12.3 Å². The number of hydrogen-bond donors (Lipinski definition) is 3. The van der Waals surface area contributed by atoms with E-state index in [1.807, 2.05) is 6.92 Å². The minimum absolute atomic E-state index is 0.0177. The van der Waals surface area contributed by atoms with Crippen molar-refractivity contribution in [2.45, 2.75) is 71.8 Å². The Morgan fingerprint density at radius 1 is 1.33 bits per heavy atom. The summed E-state index contributed by atoms with van der Waals surface area (Å²) in [5.74, 6) is 0.355. The first-order chi connectivity index (χ1) is 14.4. The topological polar surface area (TPSA) is 65.0 Å². The molecule has 0 radical (unpaired) electrons. The average Bonchev–Trinajstić information content (AvgIpc) is 3.04. The zero-order valence-corrected chi connectivity index (χ0v) is 18.4. The third-order valence-electron chi connectivity index (χ3n) is 6.81. The fourth-order valence-corrected chi connectivity index (χ4v) is 5.03. The maximum atomic E-state index is 13.2. The van der Waals surface area contributed by atoms with Crippen molar-refractivity contribution in [3.63, 3.8) is 0 Å². The molecule has 3 N–H and O–H groups in total. The zero-order chi connectivity index (χ0) is 21.7. The van der Waals surface area contributed by atoms with Gasteiger partial charge in [0.15, 0.2) is 0 Å². The molecule has 4 nitrogen and oxygen atoms in total. The van der Waals surface area contributed by atoms with E-state index < -0.39 is 0 Å². The lowest BCUT2D eigenvalue weighted by atomic mass is 9.68. The Labute approximate surface area is 179 Å². The number of rotatable bonds is 9. The Balaban J connectivity index is 1.78. The molecule has 0 bridgehead atoms. The van der Waals surface area contributed by atoms with Gasteiger partial charge in [-0.3, -0.25) is 4.79 Å². The minimum atomic E-state index is -0.258. The Morgan fingerprint density at radius 3 is 2.70 bits per heavy atom. The molecule has 1 unspecified atom stereocenters.